The van der Waals surface area contributed by atoms with Crippen LogP contribution in [0.25, 0.3) is 0 Å². The summed E-state index contributed by atoms with van der Waals surface area (Å²) in [7, 11) is 2.08. The Morgan fingerprint density at radius 2 is 2.05 bits per heavy atom. The molecule has 0 aliphatic heterocycles. The summed E-state index contributed by atoms with van der Waals surface area (Å²) in [5.41, 5.74) is 0.105. The number of phenolic OH excluding ortho intramolecular Hbond substituents is 2. The molecule has 1 saturated carbocycles. The molecule has 0 unspecified atom stereocenters. The number of nitrogens with one attached hydrogen (secondary N) is 1. The van der Waals surface area contributed by atoms with E-state index in [9.17, 15) is 15.0 Å². The van der Waals surface area contributed by atoms with Crippen LogP contribution in [0.5, 0.6) is 11.5 Å². The number of hydrogen-bond acceptors (Lipinski definition) is 4. The highest BCUT2D eigenvalue weighted by Crippen LogP contribution is 2.27. The van der Waals surface area contributed by atoms with E-state index in [0.717, 1.165) is 6.54 Å². The third-order valence-electron chi connectivity index (χ3n) is 3.96. The van der Waals surface area contributed by atoms with E-state index in [4.69, 9.17) is 0 Å². The minimum atomic E-state index is -0.367. The standard InChI is InChI=1S/C15H22N2O3/c1-17(11-5-2-3-6-11)10-9-16-15(20)12-7-4-8-13(18)14(12)19/h4,7-8,11,18-19H,2-3,5-6,9-10H2,1H3,(H,16,20). The van der Waals surface area contributed by atoms with E-state index < -0.39 is 0 Å². The number of hydrogen-bond donors (Lipinski definition) is 3. The van der Waals surface area contributed by atoms with Crippen LogP contribution in [0.3, 0.4) is 0 Å². The Morgan fingerprint density at radius 3 is 2.75 bits per heavy atom. The van der Waals surface area contributed by atoms with E-state index >= 15 is 0 Å². The van der Waals surface area contributed by atoms with Gasteiger partial charge in [0, 0.05) is 19.1 Å². The van der Waals surface area contributed by atoms with E-state index in [1.165, 1.54) is 43.9 Å². The van der Waals surface area contributed by atoms with E-state index in [1.807, 2.05) is 0 Å². The van der Waals surface area contributed by atoms with Crippen molar-refractivity contribution in [1.82, 2.24) is 10.2 Å². The lowest BCUT2D eigenvalue weighted by molar-refractivity contribution is 0.0944. The number of amides is 1. The van der Waals surface area contributed by atoms with Crippen molar-refractivity contribution in [3.05, 3.63) is 23.8 Å². The van der Waals surface area contributed by atoms with Crippen molar-refractivity contribution < 1.29 is 15.0 Å². The normalized spacial score (nSPS) is 15.7. The second-order valence-electron chi connectivity index (χ2n) is 5.35. The second kappa shape index (κ2) is 6.61. The van der Waals surface area contributed by atoms with Crippen molar-refractivity contribution in [2.24, 2.45) is 0 Å². The molecule has 20 heavy (non-hydrogen) atoms. The third kappa shape index (κ3) is 3.42. The Labute approximate surface area is 119 Å². The minimum absolute atomic E-state index is 0.105. The SMILES string of the molecule is CN(CCNC(=O)c1cccc(O)c1O)C1CCCC1. The molecule has 0 heterocycles. The maximum atomic E-state index is 11.9. The van der Waals surface area contributed by atoms with Gasteiger partial charge >= 0.3 is 0 Å². The summed E-state index contributed by atoms with van der Waals surface area (Å²) in [5, 5.41) is 21.8. The van der Waals surface area contributed by atoms with Gasteiger partial charge in [0.05, 0.1) is 5.56 Å². The number of nitrogens with zero attached hydrogens (tertiary/aromatic N) is 1. The zero-order valence-electron chi connectivity index (χ0n) is 11.8. The number of rotatable bonds is 5. The average Bonchev–Trinajstić information content (AvgIpc) is 2.95. The molecule has 1 aromatic carbocycles. The molecule has 1 amide bonds. The molecule has 0 saturated heterocycles. The van der Waals surface area contributed by atoms with Crippen LogP contribution in [0.2, 0.25) is 0 Å². The van der Waals surface area contributed by atoms with Crippen LogP contribution in [-0.4, -0.2) is 47.2 Å². The number of phenols is 2. The summed E-state index contributed by atoms with van der Waals surface area (Å²) in [5.74, 6) is -1.01. The van der Waals surface area contributed by atoms with Gasteiger partial charge in [-0.2, -0.15) is 0 Å². The number of carbonyl (C=O) groups is 1. The van der Waals surface area contributed by atoms with Crippen LogP contribution in [-0.2, 0) is 0 Å². The number of aromatic hydroxyl groups is 2. The first-order valence-electron chi connectivity index (χ1n) is 7.09. The van der Waals surface area contributed by atoms with Crippen molar-refractivity contribution in [2.75, 3.05) is 20.1 Å². The molecule has 1 aromatic rings. The molecular formula is C15H22N2O3. The quantitative estimate of drug-likeness (QED) is 0.717. The molecule has 0 bridgehead atoms. The molecule has 1 aliphatic rings. The molecule has 5 heteroatoms. The smallest absolute Gasteiger partial charge is 0.255 e. The van der Waals surface area contributed by atoms with Crippen LogP contribution >= 0.6 is 0 Å². The topological polar surface area (TPSA) is 72.8 Å². The van der Waals surface area contributed by atoms with Gasteiger partial charge in [0.25, 0.3) is 5.91 Å². The molecule has 0 radical (unpaired) electrons. The Morgan fingerprint density at radius 1 is 1.35 bits per heavy atom. The van der Waals surface area contributed by atoms with Gasteiger partial charge in [0.1, 0.15) is 0 Å². The van der Waals surface area contributed by atoms with Crippen LogP contribution < -0.4 is 5.32 Å². The largest absolute Gasteiger partial charge is 0.504 e. The predicted octanol–water partition coefficient (Wildman–Crippen LogP) is 1.70. The summed E-state index contributed by atoms with van der Waals surface area (Å²) in [6, 6.07) is 5.00. The Kier molecular flexibility index (Phi) is 4.84. The van der Waals surface area contributed by atoms with Gasteiger partial charge in [0.15, 0.2) is 11.5 Å². The average molecular weight is 278 g/mol. The van der Waals surface area contributed by atoms with Gasteiger partial charge in [-0.05, 0) is 32.0 Å². The summed E-state index contributed by atoms with van der Waals surface area (Å²) < 4.78 is 0. The number of likely N-dealkylation sites (N-methyl/N-ethyl adjacent to an activating group) is 1. The summed E-state index contributed by atoms with van der Waals surface area (Å²) in [4.78, 5) is 14.2. The number of para-hydroxylation sites is 1. The fraction of sp³-hybridized carbons (Fsp3) is 0.533. The fourth-order valence-corrected chi connectivity index (χ4v) is 2.68. The Hall–Kier alpha value is -1.75. The lowest BCUT2D eigenvalue weighted by Crippen LogP contribution is -2.37. The van der Waals surface area contributed by atoms with Crippen LogP contribution in [0.15, 0.2) is 18.2 Å². The zero-order chi connectivity index (χ0) is 14.5. The van der Waals surface area contributed by atoms with Gasteiger partial charge < -0.3 is 20.4 Å². The highest BCUT2D eigenvalue weighted by molar-refractivity contribution is 5.97. The van der Waals surface area contributed by atoms with E-state index in [2.05, 4.69) is 17.3 Å². The van der Waals surface area contributed by atoms with Crippen LogP contribution in [0, 0.1) is 0 Å². The number of carbonyl (C=O) groups excluding carboxylic acids is 1. The van der Waals surface area contributed by atoms with Crippen molar-refractivity contribution >= 4 is 5.91 Å². The van der Waals surface area contributed by atoms with Gasteiger partial charge in [-0.15, -0.1) is 0 Å². The first-order valence-corrected chi connectivity index (χ1v) is 7.09. The monoisotopic (exact) mass is 278 g/mol. The lowest BCUT2D eigenvalue weighted by Gasteiger charge is -2.23. The highest BCUT2D eigenvalue weighted by Gasteiger charge is 2.19. The van der Waals surface area contributed by atoms with Gasteiger partial charge in [-0.3, -0.25) is 4.79 Å². The van der Waals surface area contributed by atoms with Crippen molar-refractivity contribution in [3.63, 3.8) is 0 Å². The molecule has 2 rings (SSSR count). The number of benzene rings is 1. The molecule has 1 fully saturated rings. The predicted molar refractivity (Wildman–Crippen MR) is 77.0 cm³/mol. The maximum absolute atomic E-state index is 11.9. The molecule has 0 aromatic heterocycles. The lowest BCUT2D eigenvalue weighted by atomic mass is 10.1. The summed E-state index contributed by atoms with van der Waals surface area (Å²) in [6.45, 7) is 1.32. The van der Waals surface area contributed by atoms with Gasteiger partial charge in [-0.1, -0.05) is 18.9 Å². The molecule has 0 atom stereocenters. The zero-order valence-corrected chi connectivity index (χ0v) is 11.8. The Balaban J connectivity index is 1.81. The fourth-order valence-electron chi connectivity index (χ4n) is 2.68. The Bertz CT molecular complexity index is 470. The first kappa shape index (κ1) is 14.7. The van der Waals surface area contributed by atoms with Gasteiger partial charge in [-0.25, -0.2) is 0 Å². The minimum Gasteiger partial charge on any atom is -0.504 e. The van der Waals surface area contributed by atoms with E-state index in [-0.39, 0.29) is 23.0 Å². The molecule has 110 valence electrons. The van der Waals surface area contributed by atoms with Crippen molar-refractivity contribution in [1.29, 1.82) is 0 Å². The van der Waals surface area contributed by atoms with Crippen LogP contribution in [0.4, 0.5) is 0 Å². The molecule has 5 nitrogen and oxygen atoms in total. The summed E-state index contributed by atoms with van der Waals surface area (Å²) >= 11 is 0. The van der Waals surface area contributed by atoms with Crippen molar-refractivity contribution in [2.45, 2.75) is 31.7 Å². The maximum Gasteiger partial charge on any atom is 0.255 e. The molecule has 1 aliphatic carbocycles. The van der Waals surface area contributed by atoms with E-state index in [0.29, 0.717) is 12.6 Å². The first-order chi connectivity index (χ1) is 9.59. The van der Waals surface area contributed by atoms with E-state index in [1.54, 1.807) is 0 Å². The second-order valence-corrected chi connectivity index (χ2v) is 5.35. The highest BCUT2D eigenvalue weighted by atomic mass is 16.3. The third-order valence-corrected chi connectivity index (χ3v) is 3.96. The molecule has 3 N–H and O–H groups in total. The van der Waals surface area contributed by atoms with Crippen molar-refractivity contribution in [3.8, 4) is 11.5 Å². The van der Waals surface area contributed by atoms with Gasteiger partial charge in [0.2, 0.25) is 0 Å². The molecular weight excluding hydrogens is 256 g/mol. The summed E-state index contributed by atoms with van der Waals surface area (Å²) in [6.07, 6.45) is 5.05. The molecule has 0 spiro atoms. The van der Waals surface area contributed by atoms with Crippen LogP contribution in [0.1, 0.15) is 36.0 Å².